The molecule has 0 unspecified atom stereocenters. The van der Waals surface area contributed by atoms with Gasteiger partial charge in [0.15, 0.2) is 0 Å². The lowest BCUT2D eigenvalue weighted by Crippen LogP contribution is -2.20. The van der Waals surface area contributed by atoms with E-state index in [1.54, 1.807) is 0 Å². The molecule has 0 radical (unpaired) electrons. The van der Waals surface area contributed by atoms with E-state index in [4.69, 9.17) is 10.7 Å². The van der Waals surface area contributed by atoms with E-state index in [0.717, 1.165) is 29.1 Å². The number of rotatable bonds is 3. The molecule has 1 aliphatic heterocycles. The molecule has 2 aromatic heterocycles. The normalized spacial score (nSPS) is 15.5. The molecule has 4 nitrogen and oxygen atoms in total. The summed E-state index contributed by atoms with van der Waals surface area (Å²) in [6.45, 7) is 5.46. The Balaban J connectivity index is 1.87. The van der Waals surface area contributed by atoms with Crippen LogP contribution in [0.5, 0.6) is 0 Å². The molecule has 0 saturated carbocycles. The van der Waals surface area contributed by atoms with Gasteiger partial charge in [0.05, 0.1) is 11.4 Å². The Morgan fingerprint density at radius 2 is 1.78 bits per heavy atom. The van der Waals surface area contributed by atoms with E-state index in [1.807, 2.05) is 12.1 Å². The van der Waals surface area contributed by atoms with E-state index in [-0.39, 0.29) is 0 Å². The molecule has 3 heterocycles. The molecule has 4 rings (SSSR count). The largest absolute Gasteiger partial charge is 0.399 e. The van der Waals surface area contributed by atoms with Gasteiger partial charge in [-0.25, -0.2) is 4.98 Å². The van der Waals surface area contributed by atoms with Gasteiger partial charge in [-0.2, -0.15) is 0 Å². The first-order valence-electron chi connectivity index (χ1n) is 8.27. The quantitative estimate of drug-likeness (QED) is 0.754. The number of pyridine rings is 1. The Bertz CT molecular complexity index is 826. The average Bonchev–Trinajstić information content (AvgIpc) is 3.17. The van der Waals surface area contributed by atoms with Crippen molar-refractivity contribution in [1.29, 1.82) is 0 Å². The van der Waals surface area contributed by atoms with Crippen LogP contribution >= 0.6 is 0 Å². The molecular formula is C19H22N4. The second kappa shape index (κ2) is 5.70. The van der Waals surface area contributed by atoms with Crippen molar-refractivity contribution in [2.75, 3.05) is 18.8 Å². The monoisotopic (exact) mass is 306 g/mol. The zero-order chi connectivity index (χ0) is 15.8. The summed E-state index contributed by atoms with van der Waals surface area (Å²) in [5.74, 6) is 0. The number of benzene rings is 1. The highest BCUT2D eigenvalue weighted by Crippen LogP contribution is 2.28. The summed E-state index contributed by atoms with van der Waals surface area (Å²) in [5.41, 5.74) is 12.4. The molecule has 1 aliphatic rings. The summed E-state index contributed by atoms with van der Waals surface area (Å²) in [4.78, 5) is 7.44. The SMILES string of the molecule is Cc1cccc2nc(-c3ccc(N)cc3)c(CN3CCCC3)n12. The number of imidazole rings is 1. The first-order valence-corrected chi connectivity index (χ1v) is 8.27. The molecule has 0 aliphatic carbocycles. The number of nitrogens with zero attached hydrogens (tertiary/aromatic N) is 3. The van der Waals surface area contributed by atoms with Crippen molar-refractivity contribution in [2.24, 2.45) is 0 Å². The van der Waals surface area contributed by atoms with Crippen LogP contribution < -0.4 is 5.73 Å². The molecule has 0 atom stereocenters. The van der Waals surface area contributed by atoms with Crippen molar-refractivity contribution in [2.45, 2.75) is 26.3 Å². The molecule has 118 valence electrons. The molecule has 4 heteroatoms. The third kappa shape index (κ3) is 2.59. The number of anilines is 1. The van der Waals surface area contributed by atoms with E-state index in [9.17, 15) is 0 Å². The van der Waals surface area contributed by atoms with Crippen LogP contribution in [0.15, 0.2) is 42.5 Å². The average molecular weight is 306 g/mol. The molecule has 23 heavy (non-hydrogen) atoms. The summed E-state index contributed by atoms with van der Waals surface area (Å²) in [5, 5.41) is 0. The molecule has 0 spiro atoms. The second-order valence-electron chi connectivity index (χ2n) is 6.37. The minimum atomic E-state index is 0.787. The van der Waals surface area contributed by atoms with Crippen LogP contribution in [0.4, 0.5) is 5.69 Å². The summed E-state index contributed by atoms with van der Waals surface area (Å²) in [6, 6.07) is 14.3. The van der Waals surface area contributed by atoms with Gasteiger partial charge in [-0.1, -0.05) is 18.2 Å². The lowest BCUT2D eigenvalue weighted by molar-refractivity contribution is 0.326. The Hall–Kier alpha value is -2.33. The fourth-order valence-corrected chi connectivity index (χ4v) is 3.50. The van der Waals surface area contributed by atoms with E-state index in [0.29, 0.717) is 0 Å². The third-order valence-corrected chi connectivity index (χ3v) is 4.69. The summed E-state index contributed by atoms with van der Waals surface area (Å²) < 4.78 is 2.30. The number of hydrogen-bond acceptors (Lipinski definition) is 3. The summed E-state index contributed by atoms with van der Waals surface area (Å²) in [6.07, 6.45) is 2.60. The van der Waals surface area contributed by atoms with E-state index in [2.05, 4.69) is 46.6 Å². The van der Waals surface area contributed by atoms with Crippen molar-refractivity contribution >= 4 is 11.3 Å². The zero-order valence-corrected chi connectivity index (χ0v) is 13.5. The van der Waals surface area contributed by atoms with Crippen LogP contribution in [0.3, 0.4) is 0 Å². The van der Waals surface area contributed by atoms with Crippen LogP contribution in [0.2, 0.25) is 0 Å². The van der Waals surface area contributed by atoms with Gasteiger partial charge >= 0.3 is 0 Å². The first-order chi connectivity index (χ1) is 11.2. The molecule has 1 saturated heterocycles. The van der Waals surface area contributed by atoms with Gasteiger partial charge in [0.2, 0.25) is 0 Å². The fourth-order valence-electron chi connectivity index (χ4n) is 3.50. The van der Waals surface area contributed by atoms with E-state index < -0.39 is 0 Å². The molecule has 2 N–H and O–H groups in total. The molecule has 1 aromatic carbocycles. The Labute approximate surface area is 136 Å². The highest BCUT2D eigenvalue weighted by molar-refractivity contribution is 5.68. The zero-order valence-electron chi connectivity index (χ0n) is 13.5. The molecule has 0 bridgehead atoms. The lowest BCUT2D eigenvalue weighted by Gasteiger charge is -2.16. The number of nitrogens with two attached hydrogens (primary N) is 1. The van der Waals surface area contributed by atoms with E-state index in [1.165, 1.54) is 37.3 Å². The molecular weight excluding hydrogens is 284 g/mol. The number of aromatic nitrogens is 2. The van der Waals surface area contributed by atoms with Crippen LogP contribution in [-0.2, 0) is 6.54 Å². The maximum Gasteiger partial charge on any atom is 0.137 e. The van der Waals surface area contributed by atoms with Gasteiger partial charge in [0.1, 0.15) is 5.65 Å². The first kappa shape index (κ1) is 14.3. The van der Waals surface area contributed by atoms with Crippen LogP contribution in [0, 0.1) is 6.92 Å². The number of hydrogen-bond donors (Lipinski definition) is 1. The third-order valence-electron chi connectivity index (χ3n) is 4.69. The van der Waals surface area contributed by atoms with Crippen LogP contribution in [0.25, 0.3) is 16.9 Å². The predicted molar refractivity (Wildman–Crippen MR) is 94.3 cm³/mol. The van der Waals surface area contributed by atoms with Crippen molar-refractivity contribution in [3.63, 3.8) is 0 Å². The number of aryl methyl sites for hydroxylation is 1. The van der Waals surface area contributed by atoms with Crippen LogP contribution in [0.1, 0.15) is 24.2 Å². The van der Waals surface area contributed by atoms with Crippen LogP contribution in [-0.4, -0.2) is 27.4 Å². The maximum atomic E-state index is 5.84. The van der Waals surface area contributed by atoms with Crippen molar-refractivity contribution in [1.82, 2.24) is 14.3 Å². The number of fused-ring (bicyclic) bond motifs is 1. The molecule has 0 amide bonds. The molecule has 1 fully saturated rings. The fraction of sp³-hybridized carbons (Fsp3) is 0.316. The smallest absolute Gasteiger partial charge is 0.137 e. The molecule has 3 aromatic rings. The minimum absolute atomic E-state index is 0.787. The highest BCUT2D eigenvalue weighted by Gasteiger charge is 2.20. The Morgan fingerprint density at radius 1 is 1.04 bits per heavy atom. The topological polar surface area (TPSA) is 46.6 Å². The van der Waals surface area contributed by atoms with Crippen molar-refractivity contribution in [3.8, 4) is 11.3 Å². The Kier molecular flexibility index (Phi) is 3.54. The van der Waals surface area contributed by atoms with Gasteiger partial charge in [0.25, 0.3) is 0 Å². The maximum absolute atomic E-state index is 5.84. The number of likely N-dealkylation sites (tertiary alicyclic amines) is 1. The Morgan fingerprint density at radius 3 is 2.52 bits per heavy atom. The second-order valence-corrected chi connectivity index (χ2v) is 6.37. The lowest BCUT2D eigenvalue weighted by atomic mass is 10.1. The van der Waals surface area contributed by atoms with Gasteiger partial charge in [-0.05, 0) is 57.1 Å². The summed E-state index contributed by atoms with van der Waals surface area (Å²) in [7, 11) is 0. The van der Waals surface area contributed by atoms with Gasteiger partial charge in [0, 0.05) is 23.5 Å². The van der Waals surface area contributed by atoms with Gasteiger partial charge in [-0.15, -0.1) is 0 Å². The predicted octanol–water partition coefficient (Wildman–Crippen LogP) is 3.49. The minimum Gasteiger partial charge on any atom is -0.399 e. The standard InChI is InChI=1S/C19H22N4/c1-14-5-4-6-18-21-19(15-7-9-16(20)10-8-15)17(23(14)18)13-22-11-2-3-12-22/h4-10H,2-3,11-13,20H2,1H3. The van der Waals surface area contributed by atoms with Crippen molar-refractivity contribution < 1.29 is 0 Å². The van der Waals surface area contributed by atoms with E-state index >= 15 is 0 Å². The van der Waals surface area contributed by atoms with Gasteiger partial charge < -0.3 is 5.73 Å². The number of nitrogen functional groups attached to an aromatic ring is 1. The van der Waals surface area contributed by atoms with Gasteiger partial charge in [-0.3, -0.25) is 9.30 Å². The van der Waals surface area contributed by atoms with Crippen molar-refractivity contribution in [3.05, 3.63) is 53.9 Å². The highest BCUT2D eigenvalue weighted by atomic mass is 15.2. The summed E-state index contributed by atoms with van der Waals surface area (Å²) >= 11 is 0.